The molecule has 0 atom stereocenters. The molecule has 2 aromatic rings. The number of methoxy groups -OCH3 is 1. The lowest BCUT2D eigenvalue weighted by atomic mass is 10.0. The molecule has 3 nitrogen and oxygen atoms in total. The first-order valence-corrected chi connectivity index (χ1v) is 7.54. The van der Waals surface area contributed by atoms with Gasteiger partial charge in [0.25, 0.3) is 0 Å². The zero-order valence-electron chi connectivity index (χ0n) is 12.9. The first-order valence-electron chi connectivity index (χ1n) is 7.54. The predicted octanol–water partition coefficient (Wildman–Crippen LogP) is 3.53. The summed E-state index contributed by atoms with van der Waals surface area (Å²) < 4.78 is 11.0. The molecule has 3 heteroatoms. The number of hydrogen-bond donors (Lipinski definition) is 1. The minimum absolute atomic E-state index is 0.566. The largest absolute Gasteiger partial charge is 0.497 e. The maximum atomic E-state index is 5.91. The summed E-state index contributed by atoms with van der Waals surface area (Å²) in [5, 5.41) is 3.38. The molecule has 0 amide bonds. The number of benzene rings is 2. The van der Waals surface area contributed by atoms with Crippen LogP contribution in [0.5, 0.6) is 5.75 Å². The lowest BCUT2D eigenvalue weighted by Crippen LogP contribution is -2.23. The Bertz CT molecular complexity index is 662. The molecule has 0 spiro atoms. The van der Waals surface area contributed by atoms with Crippen molar-refractivity contribution in [2.45, 2.75) is 19.6 Å². The molecular formula is C19H21NO2. The maximum absolute atomic E-state index is 5.91. The quantitative estimate of drug-likeness (QED) is 0.856. The molecular weight excluding hydrogens is 274 g/mol. The van der Waals surface area contributed by atoms with Crippen LogP contribution in [-0.4, -0.2) is 13.7 Å². The fourth-order valence-corrected chi connectivity index (χ4v) is 2.61. The highest BCUT2D eigenvalue weighted by Crippen LogP contribution is 2.22. The van der Waals surface area contributed by atoms with E-state index in [4.69, 9.17) is 9.47 Å². The van der Waals surface area contributed by atoms with E-state index < -0.39 is 0 Å². The van der Waals surface area contributed by atoms with Crippen LogP contribution in [0.4, 0.5) is 0 Å². The number of nitrogens with one attached hydrogen (secondary N) is 1. The van der Waals surface area contributed by atoms with Crippen LogP contribution in [-0.2, 0) is 24.3 Å². The molecule has 0 bridgehead atoms. The van der Waals surface area contributed by atoms with Gasteiger partial charge >= 0.3 is 0 Å². The summed E-state index contributed by atoms with van der Waals surface area (Å²) in [5.41, 5.74) is 4.89. The monoisotopic (exact) mass is 295 g/mol. The second kappa shape index (κ2) is 6.67. The first-order chi connectivity index (χ1) is 10.8. The van der Waals surface area contributed by atoms with Crippen LogP contribution >= 0.6 is 0 Å². The number of fused-ring (bicyclic) bond motifs is 1. The second-order valence-electron chi connectivity index (χ2n) is 5.47. The molecule has 2 aromatic carbocycles. The van der Waals surface area contributed by atoms with Gasteiger partial charge in [-0.2, -0.15) is 0 Å². The summed E-state index contributed by atoms with van der Waals surface area (Å²) in [4.78, 5) is 0. The Kier molecular flexibility index (Phi) is 4.45. The average molecular weight is 295 g/mol. The molecule has 0 aromatic heterocycles. The first kappa shape index (κ1) is 14.7. The molecule has 0 aliphatic carbocycles. The third-order valence-corrected chi connectivity index (χ3v) is 3.99. The highest BCUT2D eigenvalue weighted by Gasteiger charge is 2.09. The van der Waals surface area contributed by atoms with Crippen molar-refractivity contribution in [2.75, 3.05) is 13.7 Å². The van der Waals surface area contributed by atoms with Crippen LogP contribution in [0.25, 0.3) is 5.76 Å². The van der Waals surface area contributed by atoms with Gasteiger partial charge in [-0.05, 0) is 41.8 Å². The van der Waals surface area contributed by atoms with Gasteiger partial charge in [-0.1, -0.05) is 36.9 Å². The number of ether oxygens (including phenoxy) is 2. The molecule has 22 heavy (non-hydrogen) atoms. The van der Waals surface area contributed by atoms with Crippen molar-refractivity contribution in [3.05, 3.63) is 71.3 Å². The summed E-state index contributed by atoms with van der Waals surface area (Å²) >= 11 is 0. The van der Waals surface area contributed by atoms with E-state index in [0.717, 1.165) is 36.4 Å². The molecule has 1 aliphatic heterocycles. The van der Waals surface area contributed by atoms with Gasteiger partial charge < -0.3 is 14.8 Å². The van der Waals surface area contributed by atoms with E-state index in [1.165, 1.54) is 11.1 Å². The molecule has 0 unspecified atom stereocenters. The molecule has 0 saturated heterocycles. The minimum Gasteiger partial charge on any atom is -0.497 e. The van der Waals surface area contributed by atoms with Crippen LogP contribution in [0.15, 0.2) is 49.0 Å². The van der Waals surface area contributed by atoms with Gasteiger partial charge in [-0.3, -0.25) is 0 Å². The molecule has 0 radical (unpaired) electrons. The Balaban J connectivity index is 1.63. The van der Waals surface area contributed by atoms with Gasteiger partial charge in [-0.25, -0.2) is 0 Å². The smallest absolute Gasteiger partial charge is 0.120 e. The van der Waals surface area contributed by atoms with Crippen molar-refractivity contribution >= 4 is 5.76 Å². The highest BCUT2D eigenvalue weighted by molar-refractivity contribution is 5.57. The zero-order chi connectivity index (χ0) is 15.4. The fourth-order valence-electron chi connectivity index (χ4n) is 2.61. The van der Waals surface area contributed by atoms with Crippen molar-refractivity contribution < 1.29 is 9.47 Å². The van der Waals surface area contributed by atoms with Crippen molar-refractivity contribution in [3.8, 4) is 5.75 Å². The number of rotatable bonds is 5. The van der Waals surface area contributed by atoms with Gasteiger partial charge in [0.2, 0.25) is 0 Å². The lowest BCUT2D eigenvalue weighted by Gasteiger charge is -2.18. The summed E-state index contributed by atoms with van der Waals surface area (Å²) in [6, 6.07) is 14.5. The Labute approximate surface area is 131 Å². The van der Waals surface area contributed by atoms with Crippen molar-refractivity contribution in [1.82, 2.24) is 5.32 Å². The van der Waals surface area contributed by atoms with Gasteiger partial charge in [0.15, 0.2) is 0 Å². The summed E-state index contributed by atoms with van der Waals surface area (Å²) in [6.45, 7) is 6.42. The van der Waals surface area contributed by atoms with Crippen molar-refractivity contribution in [1.29, 1.82) is 0 Å². The maximum Gasteiger partial charge on any atom is 0.120 e. The van der Waals surface area contributed by atoms with Gasteiger partial charge in [0.05, 0.1) is 7.11 Å². The normalized spacial score (nSPS) is 13.3. The van der Waals surface area contributed by atoms with Crippen LogP contribution < -0.4 is 10.1 Å². The summed E-state index contributed by atoms with van der Waals surface area (Å²) in [6.07, 6.45) is 1.07. The highest BCUT2D eigenvalue weighted by atomic mass is 16.5. The van der Waals surface area contributed by atoms with E-state index in [9.17, 15) is 0 Å². The van der Waals surface area contributed by atoms with E-state index in [-0.39, 0.29) is 0 Å². The van der Waals surface area contributed by atoms with Gasteiger partial charge in [0.1, 0.15) is 18.1 Å². The average Bonchev–Trinajstić information content (AvgIpc) is 2.59. The number of hydrogen-bond acceptors (Lipinski definition) is 3. The van der Waals surface area contributed by atoms with Crippen LogP contribution in [0.2, 0.25) is 0 Å². The standard InChI is InChI=1S/C19H21NO2/c1-14(21-2)16-5-3-15(4-6-16)13-22-19-8-7-18-12-20-10-9-17(18)11-19/h3-8,11,20H,1,9-10,12-13H2,2H3. The Morgan fingerprint density at radius 1 is 1.14 bits per heavy atom. The van der Waals surface area contributed by atoms with E-state index in [1.54, 1.807) is 7.11 Å². The third-order valence-electron chi connectivity index (χ3n) is 3.99. The molecule has 1 aliphatic rings. The van der Waals surface area contributed by atoms with Crippen LogP contribution in [0, 0.1) is 0 Å². The van der Waals surface area contributed by atoms with E-state index in [2.05, 4.69) is 24.0 Å². The predicted molar refractivity (Wildman–Crippen MR) is 88.7 cm³/mol. The SMILES string of the molecule is C=C(OC)c1ccc(COc2ccc3c(c2)CCNC3)cc1. The van der Waals surface area contributed by atoms with Gasteiger partial charge in [0, 0.05) is 12.1 Å². The molecule has 0 saturated carbocycles. The van der Waals surface area contributed by atoms with E-state index in [0.29, 0.717) is 12.4 Å². The van der Waals surface area contributed by atoms with E-state index >= 15 is 0 Å². The minimum atomic E-state index is 0.566. The second-order valence-corrected chi connectivity index (χ2v) is 5.47. The summed E-state index contributed by atoms with van der Waals surface area (Å²) in [7, 11) is 1.63. The van der Waals surface area contributed by atoms with Crippen LogP contribution in [0.3, 0.4) is 0 Å². The third kappa shape index (κ3) is 3.31. The molecule has 1 heterocycles. The Morgan fingerprint density at radius 2 is 1.95 bits per heavy atom. The zero-order valence-corrected chi connectivity index (χ0v) is 12.9. The van der Waals surface area contributed by atoms with Gasteiger partial charge in [-0.15, -0.1) is 0 Å². The van der Waals surface area contributed by atoms with E-state index in [1.807, 2.05) is 30.3 Å². The van der Waals surface area contributed by atoms with Crippen LogP contribution in [0.1, 0.15) is 22.3 Å². The Morgan fingerprint density at radius 3 is 2.73 bits per heavy atom. The molecule has 3 rings (SSSR count). The summed E-state index contributed by atoms with van der Waals surface area (Å²) in [5.74, 6) is 1.61. The molecule has 0 fully saturated rings. The fraction of sp³-hybridized carbons (Fsp3) is 0.263. The molecule has 1 N–H and O–H groups in total. The lowest BCUT2D eigenvalue weighted by molar-refractivity contribution is 0.305. The Hall–Kier alpha value is -2.26. The van der Waals surface area contributed by atoms with Crippen molar-refractivity contribution in [2.24, 2.45) is 0 Å². The topological polar surface area (TPSA) is 30.5 Å². The molecule has 114 valence electrons. The van der Waals surface area contributed by atoms with Crippen molar-refractivity contribution in [3.63, 3.8) is 0 Å².